The Hall–Kier alpha value is -1.57. The van der Waals surface area contributed by atoms with Gasteiger partial charge in [0.1, 0.15) is 5.82 Å². The Labute approximate surface area is 90.6 Å². The van der Waals surface area contributed by atoms with E-state index in [1.54, 1.807) is 0 Å². The van der Waals surface area contributed by atoms with E-state index in [2.05, 4.69) is 48.8 Å². The van der Waals surface area contributed by atoms with Gasteiger partial charge >= 0.3 is 0 Å². The molecule has 1 heterocycles. The Bertz CT molecular complexity index is 441. The maximum Gasteiger partial charge on any atom is 0.111 e. The van der Waals surface area contributed by atoms with Gasteiger partial charge in [-0.25, -0.2) is 4.98 Å². The Morgan fingerprint density at radius 3 is 2.33 bits per heavy atom. The molecule has 0 unspecified atom stereocenters. The largest absolute Gasteiger partial charge is 0.337 e. The van der Waals surface area contributed by atoms with Crippen molar-refractivity contribution in [2.75, 3.05) is 0 Å². The minimum atomic E-state index is 0.465. The molecule has 0 saturated carbocycles. The van der Waals surface area contributed by atoms with E-state index >= 15 is 0 Å². The van der Waals surface area contributed by atoms with Gasteiger partial charge in [-0.1, -0.05) is 44.2 Å². The Morgan fingerprint density at radius 2 is 1.80 bits per heavy atom. The summed E-state index contributed by atoms with van der Waals surface area (Å²) in [6.45, 7) is 4.33. The normalized spacial score (nSPS) is 10.9. The highest BCUT2D eigenvalue weighted by Crippen LogP contribution is 2.21. The third kappa shape index (κ3) is 1.94. The van der Waals surface area contributed by atoms with Crippen LogP contribution in [0.5, 0.6) is 0 Å². The summed E-state index contributed by atoms with van der Waals surface area (Å²) in [5.74, 6) is 1.60. The zero-order chi connectivity index (χ0) is 10.8. The maximum atomic E-state index is 4.64. The van der Waals surface area contributed by atoms with Crippen molar-refractivity contribution in [2.24, 2.45) is 7.05 Å². The maximum absolute atomic E-state index is 4.64. The number of nitrogens with zero attached hydrogens (tertiary/aromatic N) is 2. The van der Waals surface area contributed by atoms with E-state index in [1.165, 1.54) is 5.56 Å². The molecule has 0 atom stereocenters. The zero-order valence-electron chi connectivity index (χ0n) is 9.44. The predicted molar refractivity (Wildman–Crippen MR) is 62.7 cm³/mol. The predicted octanol–water partition coefficient (Wildman–Crippen LogP) is 3.21. The molecule has 0 N–H and O–H groups in total. The van der Waals surface area contributed by atoms with Gasteiger partial charge in [0.15, 0.2) is 0 Å². The van der Waals surface area contributed by atoms with E-state index in [4.69, 9.17) is 0 Å². The van der Waals surface area contributed by atoms with Gasteiger partial charge < -0.3 is 4.57 Å². The molecule has 0 fully saturated rings. The second kappa shape index (κ2) is 3.89. The molecule has 78 valence electrons. The SMILES string of the molecule is CC(C)c1nc(-c2ccccc2)cn1C. The minimum absolute atomic E-state index is 0.465. The Kier molecular flexibility index (Phi) is 2.58. The summed E-state index contributed by atoms with van der Waals surface area (Å²) in [6.07, 6.45) is 2.09. The lowest BCUT2D eigenvalue weighted by Gasteiger charge is -2.02. The number of aromatic nitrogens is 2. The minimum Gasteiger partial charge on any atom is -0.337 e. The van der Waals surface area contributed by atoms with Crippen molar-refractivity contribution in [1.29, 1.82) is 0 Å². The molecule has 0 saturated heterocycles. The van der Waals surface area contributed by atoms with E-state index in [0.29, 0.717) is 5.92 Å². The highest BCUT2D eigenvalue weighted by Gasteiger charge is 2.09. The Balaban J connectivity index is 2.43. The zero-order valence-corrected chi connectivity index (χ0v) is 9.44. The summed E-state index contributed by atoms with van der Waals surface area (Å²) in [6, 6.07) is 10.3. The van der Waals surface area contributed by atoms with E-state index in [1.807, 2.05) is 18.2 Å². The molecule has 0 aliphatic rings. The van der Waals surface area contributed by atoms with Crippen molar-refractivity contribution in [3.05, 3.63) is 42.4 Å². The van der Waals surface area contributed by atoms with E-state index in [9.17, 15) is 0 Å². The second-order valence-corrected chi connectivity index (χ2v) is 4.12. The molecule has 1 aromatic heterocycles. The third-order valence-electron chi connectivity index (χ3n) is 2.50. The highest BCUT2D eigenvalue weighted by molar-refractivity contribution is 5.58. The first-order valence-electron chi connectivity index (χ1n) is 5.27. The summed E-state index contributed by atoms with van der Waals surface area (Å²) < 4.78 is 2.10. The van der Waals surface area contributed by atoms with Crippen LogP contribution in [0.1, 0.15) is 25.6 Å². The van der Waals surface area contributed by atoms with E-state index in [-0.39, 0.29) is 0 Å². The lowest BCUT2D eigenvalue weighted by molar-refractivity contribution is 0.711. The fraction of sp³-hybridized carbons (Fsp3) is 0.308. The number of aryl methyl sites for hydroxylation is 1. The molecular weight excluding hydrogens is 184 g/mol. The third-order valence-corrected chi connectivity index (χ3v) is 2.50. The van der Waals surface area contributed by atoms with Crippen LogP contribution in [0, 0.1) is 0 Å². The molecule has 15 heavy (non-hydrogen) atoms. The summed E-state index contributed by atoms with van der Waals surface area (Å²) in [5, 5.41) is 0. The monoisotopic (exact) mass is 200 g/mol. The number of imidazole rings is 1. The molecule has 0 aliphatic heterocycles. The van der Waals surface area contributed by atoms with Crippen LogP contribution >= 0.6 is 0 Å². The molecule has 0 aliphatic carbocycles. The van der Waals surface area contributed by atoms with Crippen LogP contribution in [0.15, 0.2) is 36.5 Å². The Morgan fingerprint density at radius 1 is 1.13 bits per heavy atom. The highest BCUT2D eigenvalue weighted by atomic mass is 15.0. The van der Waals surface area contributed by atoms with Crippen molar-refractivity contribution in [3.63, 3.8) is 0 Å². The van der Waals surface area contributed by atoms with E-state index < -0.39 is 0 Å². The molecule has 1 aromatic carbocycles. The topological polar surface area (TPSA) is 17.8 Å². The van der Waals surface area contributed by atoms with Crippen molar-refractivity contribution >= 4 is 0 Å². The molecule has 2 heteroatoms. The van der Waals surface area contributed by atoms with Gasteiger partial charge in [0.05, 0.1) is 5.69 Å². The fourth-order valence-corrected chi connectivity index (χ4v) is 1.77. The molecule has 2 aromatic rings. The van der Waals surface area contributed by atoms with Crippen LogP contribution in [0.4, 0.5) is 0 Å². The van der Waals surface area contributed by atoms with Gasteiger partial charge in [-0.2, -0.15) is 0 Å². The van der Waals surface area contributed by atoms with Gasteiger partial charge in [-0.05, 0) is 0 Å². The first kappa shape index (κ1) is 9.97. The van der Waals surface area contributed by atoms with Crippen LogP contribution in [-0.2, 0) is 7.05 Å². The van der Waals surface area contributed by atoms with Crippen LogP contribution in [-0.4, -0.2) is 9.55 Å². The molecular formula is C13H16N2. The number of benzene rings is 1. The molecule has 0 bridgehead atoms. The summed E-state index contributed by atoms with van der Waals surface area (Å²) in [7, 11) is 2.05. The van der Waals surface area contributed by atoms with Gasteiger partial charge in [-0.15, -0.1) is 0 Å². The standard InChI is InChI=1S/C13H16N2/c1-10(2)13-14-12(9-15(13)3)11-7-5-4-6-8-11/h4-10H,1-3H3. The van der Waals surface area contributed by atoms with Gasteiger partial charge in [0.25, 0.3) is 0 Å². The van der Waals surface area contributed by atoms with Crippen molar-refractivity contribution in [1.82, 2.24) is 9.55 Å². The number of hydrogen-bond donors (Lipinski definition) is 0. The smallest absolute Gasteiger partial charge is 0.111 e. The summed E-state index contributed by atoms with van der Waals surface area (Å²) >= 11 is 0. The first-order valence-corrected chi connectivity index (χ1v) is 5.27. The molecule has 0 radical (unpaired) electrons. The van der Waals surface area contributed by atoms with Crippen LogP contribution in [0.3, 0.4) is 0 Å². The van der Waals surface area contributed by atoms with Crippen molar-refractivity contribution in [3.8, 4) is 11.3 Å². The molecule has 0 spiro atoms. The van der Waals surface area contributed by atoms with Crippen molar-refractivity contribution in [2.45, 2.75) is 19.8 Å². The quantitative estimate of drug-likeness (QED) is 0.727. The van der Waals surface area contributed by atoms with Crippen LogP contribution < -0.4 is 0 Å². The van der Waals surface area contributed by atoms with Gasteiger partial charge in [0, 0.05) is 24.7 Å². The summed E-state index contributed by atoms with van der Waals surface area (Å²) in [5.41, 5.74) is 2.24. The summed E-state index contributed by atoms with van der Waals surface area (Å²) in [4.78, 5) is 4.64. The average Bonchev–Trinajstić information content (AvgIpc) is 2.62. The van der Waals surface area contributed by atoms with Gasteiger partial charge in [-0.3, -0.25) is 0 Å². The molecule has 2 rings (SSSR count). The lowest BCUT2D eigenvalue weighted by atomic mass is 10.2. The number of rotatable bonds is 2. The first-order chi connectivity index (χ1) is 7.18. The van der Waals surface area contributed by atoms with E-state index in [0.717, 1.165) is 11.5 Å². The number of hydrogen-bond acceptors (Lipinski definition) is 1. The molecule has 0 amide bonds. The van der Waals surface area contributed by atoms with Gasteiger partial charge in [0.2, 0.25) is 0 Å². The van der Waals surface area contributed by atoms with Crippen LogP contribution in [0.25, 0.3) is 11.3 Å². The lowest BCUT2D eigenvalue weighted by Crippen LogP contribution is -1.98. The average molecular weight is 200 g/mol. The van der Waals surface area contributed by atoms with Crippen LogP contribution in [0.2, 0.25) is 0 Å². The molecule has 2 nitrogen and oxygen atoms in total. The fourth-order valence-electron chi connectivity index (χ4n) is 1.77. The second-order valence-electron chi connectivity index (χ2n) is 4.12. The van der Waals surface area contributed by atoms with Crippen molar-refractivity contribution < 1.29 is 0 Å².